The Morgan fingerprint density at radius 1 is 0.302 bits per heavy atom. The molecule has 43 heavy (non-hydrogen) atoms. The second-order valence-electron chi connectivity index (χ2n) is 11.3. The number of rotatable bonds is 3. The molecule has 0 saturated carbocycles. The van der Waals surface area contributed by atoms with Crippen molar-refractivity contribution < 1.29 is 1.43 Å². The lowest BCUT2D eigenvalue weighted by Crippen LogP contribution is -1.86. The van der Waals surface area contributed by atoms with Crippen LogP contribution >= 0.6 is 11.3 Å². The molecule has 0 radical (unpaired) electrons. The summed E-state index contributed by atoms with van der Waals surface area (Å²) in [5, 5.41) is 10.5. The first kappa shape index (κ1) is 24.4. The van der Waals surface area contributed by atoms with E-state index >= 15 is 0 Å². The molecule has 8 aromatic carbocycles. The number of fused-ring (bicyclic) bond motifs is 9. The van der Waals surface area contributed by atoms with Crippen LogP contribution in [0.3, 0.4) is 0 Å². The number of hydrogen-bond acceptors (Lipinski definition) is 1. The summed E-state index contributed by atoms with van der Waals surface area (Å²) in [4.78, 5) is 0. The molecule has 0 amide bonds. The maximum Gasteiger partial charge on any atom is 0.0433 e. The summed E-state index contributed by atoms with van der Waals surface area (Å²) in [6.45, 7) is 0. The van der Waals surface area contributed by atoms with Gasteiger partial charge in [-0.3, -0.25) is 0 Å². The SMILES string of the molecule is [HH].c1cc(-c2cccc(-c3cccc4c3sc3ccccc34)c2)cc(-c2ccc3c4ccccc4c4ccccc4c3c2)c1. The van der Waals surface area contributed by atoms with Crippen LogP contribution in [0.15, 0.2) is 158 Å². The van der Waals surface area contributed by atoms with Crippen LogP contribution in [0.1, 0.15) is 1.43 Å². The quantitative estimate of drug-likeness (QED) is 0.187. The topological polar surface area (TPSA) is 0 Å². The molecular weight excluding hydrogens is 537 g/mol. The third kappa shape index (κ3) is 3.90. The molecule has 0 spiro atoms. The fourth-order valence-electron chi connectivity index (χ4n) is 6.81. The fourth-order valence-corrected chi connectivity index (χ4v) is 8.04. The standard InChI is InChI=1S/C42H26S.H2/c1-2-16-35-33(14-1)34-15-3-4-17-36(34)40-26-30(22-23-37(35)40)28-11-7-10-27(24-28)29-12-8-13-31(25-29)32-19-9-20-39-38-18-5-6-21-41(38)43-42(32)39;/h1-26H;1H. The van der Waals surface area contributed by atoms with Crippen molar-refractivity contribution in [3.05, 3.63) is 158 Å². The van der Waals surface area contributed by atoms with Gasteiger partial charge in [-0.2, -0.15) is 0 Å². The highest BCUT2D eigenvalue weighted by atomic mass is 32.1. The van der Waals surface area contributed by atoms with Gasteiger partial charge in [-0.05, 0) is 90.0 Å². The molecule has 0 aliphatic heterocycles. The van der Waals surface area contributed by atoms with E-state index in [0.717, 1.165) is 0 Å². The lowest BCUT2D eigenvalue weighted by molar-refractivity contribution is 1.59. The van der Waals surface area contributed by atoms with Gasteiger partial charge in [0.15, 0.2) is 0 Å². The van der Waals surface area contributed by atoms with E-state index in [0.29, 0.717) is 0 Å². The third-order valence-corrected chi connectivity index (χ3v) is 10.1. The van der Waals surface area contributed by atoms with Gasteiger partial charge in [-0.25, -0.2) is 0 Å². The lowest BCUT2D eigenvalue weighted by Gasteiger charge is -2.13. The minimum atomic E-state index is 0. The number of thiophene rings is 1. The molecule has 9 rings (SSSR count). The highest BCUT2D eigenvalue weighted by molar-refractivity contribution is 7.26. The summed E-state index contributed by atoms with van der Waals surface area (Å²) in [6.07, 6.45) is 0. The minimum Gasteiger partial charge on any atom is -0.135 e. The maximum atomic E-state index is 2.38. The van der Waals surface area contributed by atoms with Gasteiger partial charge < -0.3 is 0 Å². The van der Waals surface area contributed by atoms with Gasteiger partial charge in [-0.15, -0.1) is 11.3 Å². The monoisotopic (exact) mass is 564 g/mol. The Labute approximate surface area is 255 Å². The van der Waals surface area contributed by atoms with Crippen molar-refractivity contribution in [1.82, 2.24) is 0 Å². The Kier molecular flexibility index (Phi) is 5.47. The average molecular weight is 565 g/mol. The van der Waals surface area contributed by atoms with E-state index in [1.165, 1.54) is 85.9 Å². The van der Waals surface area contributed by atoms with Crippen molar-refractivity contribution in [2.45, 2.75) is 0 Å². The van der Waals surface area contributed by atoms with Crippen LogP contribution in [-0.2, 0) is 0 Å². The average Bonchev–Trinajstić information content (AvgIpc) is 3.47. The molecule has 1 heteroatoms. The molecule has 0 atom stereocenters. The summed E-state index contributed by atoms with van der Waals surface area (Å²) in [5.74, 6) is 0. The first-order chi connectivity index (χ1) is 21.3. The van der Waals surface area contributed by atoms with E-state index in [-0.39, 0.29) is 1.43 Å². The van der Waals surface area contributed by atoms with E-state index in [1.54, 1.807) is 0 Å². The smallest absolute Gasteiger partial charge is 0.0433 e. The largest absolute Gasteiger partial charge is 0.135 e. The lowest BCUT2D eigenvalue weighted by atomic mass is 9.91. The third-order valence-electron chi connectivity index (χ3n) is 8.85. The zero-order chi connectivity index (χ0) is 28.3. The van der Waals surface area contributed by atoms with Crippen LogP contribution in [0.2, 0.25) is 0 Å². The van der Waals surface area contributed by atoms with Crippen LogP contribution in [0.5, 0.6) is 0 Å². The van der Waals surface area contributed by atoms with Crippen LogP contribution in [0.4, 0.5) is 0 Å². The maximum absolute atomic E-state index is 2.38. The molecule has 0 unspecified atom stereocenters. The van der Waals surface area contributed by atoms with E-state index < -0.39 is 0 Å². The first-order valence-corrected chi connectivity index (χ1v) is 15.6. The zero-order valence-electron chi connectivity index (χ0n) is 23.4. The summed E-state index contributed by atoms with van der Waals surface area (Å²) < 4.78 is 2.69. The molecule has 0 fully saturated rings. The van der Waals surface area contributed by atoms with Gasteiger partial charge in [0.05, 0.1) is 0 Å². The van der Waals surface area contributed by atoms with Crippen molar-refractivity contribution >= 4 is 63.8 Å². The molecule has 0 nitrogen and oxygen atoms in total. The molecule has 0 aliphatic carbocycles. The van der Waals surface area contributed by atoms with Crippen molar-refractivity contribution in [2.75, 3.05) is 0 Å². The Balaban J connectivity index is 0.00000289. The molecule has 1 aromatic heterocycles. The van der Waals surface area contributed by atoms with Gasteiger partial charge in [0.25, 0.3) is 0 Å². The molecule has 0 bridgehead atoms. The number of benzene rings is 8. The summed E-state index contributed by atoms with van der Waals surface area (Å²) in [7, 11) is 0. The molecular formula is C42H28S. The molecule has 9 aromatic rings. The second-order valence-corrected chi connectivity index (χ2v) is 12.3. The van der Waals surface area contributed by atoms with Crippen LogP contribution in [0, 0.1) is 0 Å². The highest BCUT2D eigenvalue weighted by Gasteiger charge is 2.12. The Bertz CT molecular complexity index is 2480. The second kappa shape index (κ2) is 9.66. The van der Waals surface area contributed by atoms with E-state index in [9.17, 15) is 0 Å². The van der Waals surface area contributed by atoms with Gasteiger partial charge >= 0.3 is 0 Å². The van der Waals surface area contributed by atoms with Crippen molar-refractivity contribution in [3.8, 4) is 33.4 Å². The van der Waals surface area contributed by atoms with Crippen molar-refractivity contribution in [1.29, 1.82) is 0 Å². The van der Waals surface area contributed by atoms with Gasteiger partial charge in [-0.1, -0.05) is 133 Å². The van der Waals surface area contributed by atoms with Crippen molar-refractivity contribution in [2.24, 2.45) is 0 Å². The molecule has 0 aliphatic rings. The number of hydrogen-bond donors (Lipinski definition) is 0. The fraction of sp³-hybridized carbons (Fsp3) is 0. The van der Waals surface area contributed by atoms with E-state index in [2.05, 4.69) is 158 Å². The van der Waals surface area contributed by atoms with Gasteiger partial charge in [0.1, 0.15) is 0 Å². The van der Waals surface area contributed by atoms with Crippen LogP contribution in [-0.4, -0.2) is 0 Å². The Morgan fingerprint density at radius 2 is 0.767 bits per heavy atom. The molecule has 1 heterocycles. The minimum absolute atomic E-state index is 0. The van der Waals surface area contributed by atoms with E-state index in [1.807, 2.05) is 11.3 Å². The molecule has 0 saturated heterocycles. The zero-order valence-corrected chi connectivity index (χ0v) is 24.2. The Hall–Kier alpha value is -5.24. The summed E-state index contributed by atoms with van der Waals surface area (Å²) in [6, 6.07) is 57.9. The predicted molar refractivity (Wildman–Crippen MR) is 190 cm³/mol. The Morgan fingerprint density at radius 3 is 1.44 bits per heavy atom. The van der Waals surface area contributed by atoms with Crippen LogP contribution < -0.4 is 0 Å². The molecule has 0 N–H and O–H groups in total. The van der Waals surface area contributed by atoms with Crippen molar-refractivity contribution in [3.63, 3.8) is 0 Å². The van der Waals surface area contributed by atoms with Crippen LogP contribution in [0.25, 0.3) is 85.9 Å². The normalized spacial score (nSPS) is 11.7. The first-order valence-electron chi connectivity index (χ1n) is 14.8. The highest BCUT2D eigenvalue weighted by Crippen LogP contribution is 2.41. The summed E-state index contributed by atoms with van der Waals surface area (Å²) >= 11 is 1.89. The van der Waals surface area contributed by atoms with E-state index in [4.69, 9.17) is 0 Å². The predicted octanol–water partition coefficient (Wildman–Crippen LogP) is 12.8. The van der Waals surface area contributed by atoms with Gasteiger partial charge in [0.2, 0.25) is 0 Å². The summed E-state index contributed by atoms with van der Waals surface area (Å²) in [5.41, 5.74) is 7.48. The van der Waals surface area contributed by atoms with Gasteiger partial charge in [0, 0.05) is 21.6 Å². The molecule has 202 valence electrons.